The van der Waals surface area contributed by atoms with Gasteiger partial charge in [-0.3, -0.25) is 24.5 Å². The monoisotopic (exact) mass is 544 g/mol. The maximum atomic E-state index is 12.6. The van der Waals surface area contributed by atoms with Crippen LogP contribution in [0.2, 0.25) is 0 Å². The minimum absolute atomic E-state index is 0.00982. The molecule has 0 aromatic rings. The summed E-state index contributed by atoms with van der Waals surface area (Å²) < 4.78 is 25.0. The highest BCUT2D eigenvalue weighted by molar-refractivity contribution is 7.44. The Labute approximate surface area is 213 Å². The number of nitriles is 1. The zero-order valence-corrected chi connectivity index (χ0v) is 21.9. The molecular formula is C20H29N6O10P. The van der Waals surface area contributed by atoms with Gasteiger partial charge in [0.15, 0.2) is 6.23 Å². The van der Waals surface area contributed by atoms with E-state index in [1.54, 1.807) is 0 Å². The Morgan fingerprint density at radius 2 is 1.97 bits per heavy atom. The van der Waals surface area contributed by atoms with E-state index in [1.807, 2.05) is 38.4 Å². The summed E-state index contributed by atoms with van der Waals surface area (Å²) in [6.07, 6.45) is -2.85. The van der Waals surface area contributed by atoms with Crippen LogP contribution < -0.4 is 0 Å². The molecule has 2 heterocycles. The van der Waals surface area contributed by atoms with Gasteiger partial charge in [-0.1, -0.05) is 5.22 Å². The summed E-state index contributed by atoms with van der Waals surface area (Å²) in [4.78, 5) is 57.2. The van der Waals surface area contributed by atoms with Crippen LogP contribution in [0.5, 0.6) is 0 Å². The number of carbonyl (C=O) groups is 4. The molecule has 17 heteroatoms. The van der Waals surface area contributed by atoms with E-state index < -0.39 is 61.5 Å². The molecule has 0 N–H and O–H groups in total. The van der Waals surface area contributed by atoms with E-state index in [0.717, 1.165) is 0 Å². The minimum Gasteiger partial charge on any atom is -0.463 e. The zero-order valence-electron chi connectivity index (χ0n) is 21.0. The van der Waals surface area contributed by atoms with E-state index >= 15 is 0 Å². The van der Waals surface area contributed by atoms with Crippen molar-refractivity contribution in [2.45, 2.75) is 84.0 Å². The van der Waals surface area contributed by atoms with Crippen LogP contribution in [0.4, 0.5) is 0 Å². The van der Waals surface area contributed by atoms with Crippen molar-refractivity contribution in [2.75, 3.05) is 13.2 Å². The number of carbonyl (C=O) groups excluding carboxylic acids is 4. The lowest BCUT2D eigenvalue weighted by atomic mass is 10.1. The maximum absolute atomic E-state index is 12.6. The van der Waals surface area contributed by atoms with Gasteiger partial charge in [0, 0.05) is 25.4 Å². The molecule has 0 spiro atoms. The topological polar surface area (TPSA) is 203 Å². The normalized spacial score (nSPS) is 24.6. The number of nitrogens with zero attached hydrogens (tertiary/aromatic N) is 6. The molecule has 37 heavy (non-hydrogen) atoms. The molecule has 0 aromatic carbocycles. The van der Waals surface area contributed by atoms with Crippen molar-refractivity contribution in [3.05, 3.63) is 10.1 Å². The summed E-state index contributed by atoms with van der Waals surface area (Å²) in [7, 11) is -1.74. The second-order valence-electron chi connectivity index (χ2n) is 8.57. The molecule has 204 valence electrons. The first-order valence-electron chi connectivity index (χ1n) is 11.4. The Balaban J connectivity index is 2.29. The minimum atomic E-state index is -2.17. The number of Topliss-reactive ketones (excluding diaryl/α,β-unsaturated/α-hetero) is 1. The largest absolute Gasteiger partial charge is 0.478 e. The van der Waals surface area contributed by atoms with E-state index in [9.17, 15) is 29.3 Å². The summed E-state index contributed by atoms with van der Waals surface area (Å²) in [5.74, 6) is -5.10. The van der Waals surface area contributed by atoms with Crippen molar-refractivity contribution in [2.24, 2.45) is 10.3 Å². The van der Waals surface area contributed by atoms with Crippen molar-refractivity contribution >= 4 is 32.1 Å². The van der Waals surface area contributed by atoms with Crippen LogP contribution in [-0.4, -0.2) is 87.9 Å². The Morgan fingerprint density at radius 1 is 1.32 bits per heavy atom. The molecule has 16 nitrogen and oxygen atoms in total. The predicted octanol–water partition coefficient (Wildman–Crippen LogP) is 1.28. The molecule has 2 amide bonds. The second-order valence-corrected chi connectivity index (χ2v) is 9.98. The van der Waals surface area contributed by atoms with Gasteiger partial charge >= 0.3 is 17.8 Å². The van der Waals surface area contributed by atoms with Crippen LogP contribution in [0.25, 0.3) is 0 Å². The molecule has 5 atom stereocenters. The van der Waals surface area contributed by atoms with Crippen LogP contribution in [0.15, 0.2) is 10.3 Å². The van der Waals surface area contributed by atoms with Gasteiger partial charge in [-0.2, -0.15) is 10.3 Å². The van der Waals surface area contributed by atoms with Crippen LogP contribution in [-0.2, 0) is 37.7 Å². The number of rotatable bonds is 12. The van der Waals surface area contributed by atoms with Gasteiger partial charge in [-0.25, -0.2) is 9.46 Å². The molecule has 0 aromatic heterocycles. The molecule has 2 aliphatic rings. The standard InChI is InChI=1S/C20H29N6O10P/c1-11(2)25(12(3)4)37(34-8-6-7-21)36-14-9-16(35-15(14)10-33-13(5)27)24-20(30)18(28)17(22-23-24)19(29)26(31)32/h11-12,14-17H,6,8-10H2,1-5H3. The molecular weight excluding hydrogens is 515 g/mol. The van der Waals surface area contributed by atoms with Crippen molar-refractivity contribution < 1.29 is 42.6 Å². The highest BCUT2D eigenvalue weighted by Gasteiger charge is 2.50. The van der Waals surface area contributed by atoms with E-state index in [2.05, 4.69) is 10.3 Å². The van der Waals surface area contributed by atoms with Gasteiger partial charge < -0.3 is 18.5 Å². The number of hydrogen-bond acceptors (Lipinski definition) is 14. The lowest BCUT2D eigenvalue weighted by molar-refractivity contribution is -0.402. The SMILES string of the molecule is CC(=O)OCC1OC(N2N=NC(C(=O)[N+](=O)[O-])C(=O)C2=O)CC1OP(OCCC#N)N(C(C)C)C(C)C. The number of nitro groups is 1. The Bertz CT molecular complexity index is 962. The number of hydrogen-bond donors (Lipinski definition) is 0. The van der Waals surface area contributed by atoms with Crippen molar-refractivity contribution in [1.29, 1.82) is 5.26 Å². The van der Waals surface area contributed by atoms with Crippen molar-refractivity contribution in [3.63, 3.8) is 0 Å². The molecule has 1 saturated heterocycles. The van der Waals surface area contributed by atoms with Gasteiger partial charge in [-0.15, -0.1) is 5.11 Å². The third-order valence-electron chi connectivity index (χ3n) is 5.14. The van der Waals surface area contributed by atoms with Crippen LogP contribution in [0.1, 0.15) is 47.5 Å². The van der Waals surface area contributed by atoms with Gasteiger partial charge in [0.05, 0.1) is 25.2 Å². The first-order chi connectivity index (χ1) is 17.4. The molecule has 2 rings (SSSR count). The fourth-order valence-electron chi connectivity index (χ4n) is 3.60. The smallest absolute Gasteiger partial charge is 0.463 e. The average Bonchev–Trinajstić information content (AvgIpc) is 3.20. The molecule has 0 saturated carbocycles. The van der Waals surface area contributed by atoms with Crippen LogP contribution in [0, 0.1) is 21.4 Å². The fourth-order valence-corrected chi connectivity index (χ4v) is 5.36. The first-order valence-corrected chi connectivity index (χ1v) is 12.5. The van der Waals surface area contributed by atoms with E-state index in [4.69, 9.17) is 23.8 Å². The third-order valence-corrected chi connectivity index (χ3v) is 7.29. The Hall–Kier alpha value is -2.96. The summed E-state index contributed by atoms with van der Waals surface area (Å²) >= 11 is 0. The van der Waals surface area contributed by atoms with Crippen LogP contribution >= 0.6 is 8.53 Å². The second kappa shape index (κ2) is 13.5. The number of amides is 2. The van der Waals surface area contributed by atoms with Crippen molar-refractivity contribution in [1.82, 2.24) is 9.68 Å². The van der Waals surface area contributed by atoms with Gasteiger partial charge in [-0.05, 0) is 27.7 Å². The highest BCUT2D eigenvalue weighted by atomic mass is 31.2. The van der Waals surface area contributed by atoms with Crippen molar-refractivity contribution in [3.8, 4) is 6.07 Å². The lowest BCUT2D eigenvalue weighted by Gasteiger charge is -2.37. The van der Waals surface area contributed by atoms with Gasteiger partial charge in [0.25, 0.3) is 20.4 Å². The summed E-state index contributed by atoms with van der Waals surface area (Å²) in [5, 5.41) is 27.1. The maximum Gasteiger partial charge on any atom is 0.478 e. The molecule has 0 radical (unpaired) electrons. The van der Waals surface area contributed by atoms with E-state index in [0.29, 0.717) is 5.01 Å². The molecule has 0 aliphatic carbocycles. The average molecular weight is 544 g/mol. The molecule has 2 aliphatic heterocycles. The van der Waals surface area contributed by atoms with Gasteiger partial charge in [0.1, 0.15) is 17.6 Å². The van der Waals surface area contributed by atoms with E-state index in [1.165, 1.54) is 6.92 Å². The summed E-state index contributed by atoms with van der Waals surface area (Å²) in [6, 6.07) is -0.193. The van der Waals surface area contributed by atoms with Crippen LogP contribution in [0.3, 0.4) is 0 Å². The molecule has 1 fully saturated rings. The Kier molecular flexibility index (Phi) is 11.1. The summed E-state index contributed by atoms with van der Waals surface area (Å²) in [5.41, 5.74) is 0. The first kappa shape index (κ1) is 30.3. The highest BCUT2D eigenvalue weighted by Crippen LogP contribution is 2.49. The third kappa shape index (κ3) is 7.76. The zero-order chi connectivity index (χ0) is 27.9. The number of esters is 1. The summed E-state index contributed by atoms with van der Waals surface area (Å²) in [6.45, 7) is 8.82. The molecule has 5 unspecified atom stereocenters. The quantitative estimate of drug-likeness (QED) is 0.0648. The van der Waals surface area contributed by atoms with E-state index in [-0.39, 0.29) is 38.1 Å². The predicted molar refractivity (Wildman–Crippen MR) is 122 cm³/mol. The molecule has 0 bridgehead atoms. The van der Waals surface area contributed by atoms with Gasteiger partial charge in [0.2, 0.25) is 0 Å². The number of ketones is 1. The fraction of sp³-hybridized carbons (Fsp3) is 0.750. The lowest BCUT2D eigenvalue weighted by Crippen LogP contribution is -2.50. The Morgan fingerprint density at radius 3 is 2.51 bits per heavy atom. The number of ether oxygens (including phenoxy) is 2.